The molecule has 0 saturated carbocycles. The number of aromatic nitrogens is 2. The van der Waals surface area contributed by atoms with Crippen molar-refractivity contribution in [3.8, 4) is 11.4 Å². The molecule has 1 aliphatic heterocycles. The van der Waals surface area contributed by atoms with Crippen LogP contribution in [0.3, 0.4) is 0 Å². The predicted molar refractivity (Wildman–Crippen MR) is 81.5 cm³/mol. The first-order valence-corrected chi connectivity index (χ1v) is 7.81. The number of rotatable bonds is 3. The van der Waals surface area contributed by atoms with Gasteiger partial charge in [0.2, 0.25) is 11.7 Å². The second kappa shape index (κ2) is 6.06. The lowest BCUT2D eigenvalue weighted by molar-refractivity contribution is 0.313. The van der Waals surface area contributed by atoms with Gasteiger partial charge in [0.15, 0.2) is 0 Å². The Morgan fingerprint density at radius 1 is 1.35 bits per heavy atom. The molecule has 0 amide bonds. The molecule has 1 N–H and O–H groups in total. The Morgan fingerprint density at radius 2 is 2.15 bits per heavy atom. The molecule has 4 nitrogen and oxygen atoms in total. The van der Waals surface area contributed by atoms with Crippen molar-refractivity contribution in [1.82, 2.24) is 15.5 Å². The Kier molecular flexibility index (Phi) is 4.17. The average molecular weight is 336 g/mol. The van der Waals surface area contributed by atoms with Gasteiger partial charge in [-0.05, 0) is 56.5 Å². The number of hydrogen-bond acceptors (Lipinski definition) is 4. The maximum atomic E-state index is 5.40. The third-order valence-corrected chi connectivity index (χ3v) is 4.41. The minimum Gasteiger partial charge on any atom is -0.339 e. The molecule has 0 atom stereocenters. The van der Waals surface area contributed by atoms with E-state index in [0.29, 0.717) is 11.7 Å². The summed E-state index contributed by atoms with van der Waals surface area (Å²) in [6.45, 7) is 4.25. The fraction of sp³-hybridized carbons (Fsp3) is 0.467. The normalized spacial score (nSPS) is 16.5. The largest absolute Gasteiger partial charge is 0.339 e. The molecule has 1 fully saturated rings. The van der Waals surface area contributed by atoms with Crippen molar-refractivity contribution in [2.45, 2.75) is 26.2 Å². The molecule has 2 heterocycles. The molecule has 0 spiro atoms. The number of benzene rings is 1. The van der Waals surface area contributed by atoms with Gasteiger partial charge in [0.1, 0.15) is 0 Å². The Hall–Kier alpha value is -1.20. The number of halogens is 1. The van der Waals surface area contributed by atoms with Crippen LogP contribution in [-0.4, -0.2) is 23.2 Å². The van der Waals surface area contributed by atoms with Crippen LogP contribution in [0.15, 0.2) is 27.2 Å². The van der Waals surface area contributed by atoms with Crippen molar-refractivity contribution >= 4 is 15.9 Å². The molecular formula is C15H18BrN3O. The van der Waals surface area contributed by atoms with Gasteiger partial charge >= 0.3 is 0 Å². The summed E-state index contributed by atoms with van der Waals surface area (Å²) in [5.74, 6) is 2.08. The van der Waals surface area contributed by atoms with E-state index >= 15 is 0 Å². The standard InChI is InChI=1S/C15H18BrN3O/c1-10-2-3-12(13(16)8-10)15-18-14(20-19-15)9-11-4-6-17-7-5-11/h2-3,8,11,17H,4-7,9H2,1H3. The van der Waals surface area contributed by atoms with Crippen molar-refractivity contribution in [3.05, 3.63) is 34.1 Å². The van der Waals surface area contributed by atoms with E-state index in [-0.39, 0.29) is 0 Å². The van der Waals surface area contributed by atoms with Crippen LogP contribution in [0.1, 0.15) is 24.3 Å². The highest BCUT2D eigenvalue weighted by atomic mass is 79.9. The van der Waals surface area contributed by atoms with Gasteiger partial charge in [-0.25, -0.2) is 0 Å². The number of hydrogen-bond donors (Lipinski definition) is 1. The molecule has 20 heavy (non-hydrogen) atoms. The average Bonchev–Trinajstić information content (AvgIpc) is 2.88. The number of aryl methyl sites for hydroxylation is 1. The molecule has 3 rings (SSSR count). The maximum Gasteiger partial charge on any atom is 0.227 e. The Bertz CT molecular complexity index is 591. The Morgan fingerprint density at radius 3 is 2.90 bits per heavy atom. The fourth-order valence-corrected chi connectivity index (χ4v) is 3.25. The zero-order valence-corrected chi connectivity index (χ0v) is 13.1. The number of nitrogens with zero attached hydrogens (tertiary/aromatic N) is 2. The van der Waals surface area contributed by atoms with Crippen molar-refractivity contribution in [1.29, 1.82) is 0 Å². The third-order valence-electron chi connectivity index (χ3n) is 3.76. The SMILES string of the molecule is Cc1ccc(-c2noc(CC3CCNCC3)n2)c(Br)c1. The monoisotopic (exact) mass is 335 g/mol. The highest BCUT2D eigenvalue weighted by Gasteiger charge is 2.18. The molecule has 106 valence electrons. The summed E-state index contributed by atoms with van der Waals surface area (Å²) < 4.78 is 6.41. The Labute approximate surface area is 127 Å². The van der Waals surface area contributed by atoms with E-state index in [9.17, 15) is 0 Å². The zero-order chi connectivity index (χ0) is 13.9. The molecule has 1 saturated heterocycles. The highest BCUT2D eigenvalue weighted by molar-refractivity contribution is 9.10. The van der Waals surface area contributed by atoms with Crippen LogP contribution in [0.2, 0.25) is 0 Å². The molecule has 0 aliphatic carbocycles. The summed E-state index contributed by atoms with van der Waals surface area (Å²) in [4.78, 5) is 4.54. The van der Waals surface area contributed by atoms with Gasteiger partial charge in [-0.15, -0.1) is 0 Å². The van der Waals surface area contributed by atoms with Crippen LogP contribution in [-0.2, 0) is 6.42 Å². The minimum absolute atomic E-state index is 0.658. The lowest BCUT2D eigenvalue weighted by Crippen LogP contribution is -2.28. The molecule has 0 bridgehead atoms. The van der Waals surface area contributed by atoms with Gasteiger partial charge < -0.3 is 9.84 Å². The molecule has 5 heteroatoms. The minimum atomic E-state index is 0.658. The summed E-state index contributed by atoms with van der Waals surface area (Å²) >= 11 is 3.56. The van der Waals surface area contributed by atoms with Gasteiger partial charge in [0.25, 0.3) is 0 Å². The fourth-order valence-electron chi connectivity index (χ4n) is 2.58. The molecule has 1 aromatic carbocycles. The summed E-state index contributed by atoms with van der Waals surface area (Å²) in [7, 11) is 0. The van der Waals surface area contributed by atoms with Crippen LogP contribution in [0.5, 0.6) is 0 Å². The van der Waals surface area contributed by atoms with Gasteiger partial charge in [0, 0.05) is 16.5 Å². The summed E-state index contributed by atoms with van der Waals surface area (Å²) in [5.41, 5.74) is 2.19. The zero-order valence-electron chi connectivity index (χ0n) is 11.5. The smallest absolute Gasteiger partial charge is 0.227 e. The molecule has 0 radical (unpaired) electrons. The van der Waals surface area contributed by atoms with E-state index in [4.69, 9.17) is 4.52 Å². The highest BCUT2D eigenvalue weighted by Crippen LogP contribution is 2.27. The summed E-state index contributed by atoms with van der Waals surface area (Å²) in [5, 5.41) is 7.48. The van der Waals surface area contributed by atoms with Crippen LogP contribution in [0.4, 0.5) is 0 Å². The lowest BCUT2D eigenvalue weighted by Gasteiger charge is -2.20. The second-order valence-corrected chi connectivity index (χ2v) is 6.25. The van der Waals surface area contributed by atoms with Crippen molar-refractivity contribution in [2.75, 3.05) is 13.1 Å². The first kappa shape index (κ1) is 13.8. The van der Waals surface area contributed by atoms with Crippen LogP contribution < -0.4 is 5.32 Å². The van der Waals surface area contributed by atoms with Crippen LogP contribution in [0.25, 0.3) is 11.4 Å². The number of nitrogens with one attached hydrogen (secondary N) is 1. The first-order chi connectivity index (χ1) is 9.72. The molecule has 1 aromatic heterocycles. The van der Waals surface area contributed by atoms with Crippen LogP contribution in [0, 0.1) is 12.8 Å². The summed E-state index contributed by atoms with van der Waals surface area (Å²) in [6, 6.07) is 6.15. The topological polar surface area (TPSA) is 51.0 Å². The maximum absolute atomic E-state index is 5.40. The molecular weight excluding hydrogens is 318 g/mol. The van der Waals surface area contributed by atoms with Crippen molar-refractivity contribution in [3.63, 3.8) is 0 Å². The van der Waals surface area contributed by atoms with Crippen molar-refractivity contribution < 1.29 is 4.52 Å². The van der Waals surface area contributed by atoms with E-state index in [1.165, 1.54) is 18.4 Å². The predicted octanol–water partition coefficient (Wildman–Crippen LogP) is 3.35. The second-order valence-electron chi connectivity index (χ2n) is 5.39. The quantitative estimate of drug-likeness (QED) is 0.934. The van der Waals surface area contributed by atoms with E-state index in [1.807, 2.05) is 6.07 Å². The van der Waals surface area contributed by atoms with Crippen molar-refractivity contribution in [2.24, 2.45) is 5.92 Å². The van der Waals surface area contributed by atoms with E-state index in [2.05, 4.69) is 50.4 Å². The van der Waals surface area contributed by atoms with E-state index in [1.54, 1.807) is 0 Å². The first-order valence-electron chi connectivity index (χ1n) is 7.02. The van der Waals surface area contributed by atoms with Gasteiger partial charge in [0.05, 0.1) is 0 Å². The molecule has 0 unspecified atom stereocenters. The Balaban J connectivity index is 1.75. The van der Waals surface area contributed by atoms with Gasteiger partial charge in [-0.1, -0.05) is 27.2 Å². The number of piperidine rings is 1. The van der Waals surface area contributed by atoms with E-state index in [0.717, 1.165) is 35.4 Å². The molecule has 1 aliphatic rings. The molecule has 2 aromatic rings. The summed E-state index contributed by atoms with van der Waals surface area (Å²) in [6.07, 6.45) is 3.26. The van der Waals surface area contributed by atoms with E-state index < -0.39 is 0 Å². The third kappa shape index (κ3) is 3.10. The lowest BCUT2D eigenvalue weighted by atomic mass is 9.95. The van der Waals surface area contributed by atoms with Crippen LogP contribution >= 0.6 is 15.9 Å². The van der Waals surface area contributed by atoms with Gasteiger partial charge in [-0.2, -0.15) is 4.98 Å². The van der Waals surface area contributed by atoms with Gasteiger partial charge in [-0.3, -0.25) is 0 Å².